The van der Waals surface area contributed by atoms with Gasteiger partial charge in [-0.3, -0.25) is 0 Å². The average molecular weight is 434 g/mol. The second-order valence-electron chi connectivity index (χ2n) is 7.39. The molecule has 2 aromatic carbocycles. The lowest BCUT2D eigenvalue weighted by atomic mass is 9.94. The number of benzene rings is 2. The van der Waals surface area contributed by atoms with Gasteiger partial charge in [-0.25, -0.2) is 0 Å². The molecule has 2 aliphatic heterocycles. The summed E-state index contributed by atoms with van der Waals surface area (Å²) in [6.07, 6.45) is -2.83. The van der Waals surface area contributed by atoms with E-state index in [0.29, 0.717) is 23.1 Å². The maximum Gasteiger partial charge on any atom is 0.573 e. The first kappa shape index (κ1) is 20.7. The maximum absolute atomic E-state index is 12.4. The van der Waals surface area contributed by atoms with Crippen LogP contribution in [0.3, 0.4) is 0 Å². The molecule has 2 aromatic rings. The molecule has 158 valence electrons. The maximum atomic E-state index is 12.4. The quantitative estimate of drug-likeness (QED) is 0.693. The Hall–Kier alpha value is -2.58. The van der Waals surface area contributed by atoms with Crippen LogP contribution in [-0.4, -0.2) is 37.4 Å². The topological polar surface area (TPSA) is 33.7 Å². The minimum absolute atomic E-state index is 0.134. The monoisotopic (exact) mass is 434 g/mol. The van der Waals surface area contributed by atoms with Crippen molar-refractivity contribution in [2.45, 2.75) is 25.2 Å². The molecule has 4 nitrogen and oxygen atoms in total. The fourth-order valence-electron chi connectivity index (χ4n) is 3.75. The molecule has 1 N–H and O–H groups in total. The van der Waals surface area contributed by atoms with Gasteiger partial charge in [0.2, 0.25) is 0 Å². The van der Waals surface area contributed by atoms with E-state index in [-0.39, 0.29) is 11.7 Å². The first-order valence-corrected chi connectivity index (χ1v) is 10.1. The summed E-state index contributed by atoms with van der Waals surface area (Å²) in [4.78, 5) is 2.33. The SMILES string of the molecule is CC1CN(c2ccc3c(c2)C(C=S)C=C(c2ccc(OC(F)(F)F)cc2)O3)CCN1. The zero-order valence-electron chi connectivity index (χ0n) is 16.3. The van der Waals surface area contributed by atoms with Gasteiger partial charge < -0.3 is 19.7 Å². The van der Waals surface area contributed by atoms with Crippen molar-refractivity contribution in [3.8, 4) is 11.5 Å². The number of thiocarbonyl (C=S) groups is 1. The van der Waals surface area contributed by atoms with Crippen molar-refractivity contribution < 1.29 is 22.6 Å². The van der Waals surface area contributed by atoms with Crippen LogP contribution < -0.4 is 19.7 Å². The van der Waals surface area contributed by atoms with Crippen molar-refractivity contribution in [3.05, 3.63) is 59.7 Å². The van der Waals surface area contributed by atoms with Crippen LogP contribution in [0.4, 0.5) is 18.9 Å². The van der Waals surface area contributed by atoms with E-state index in [1.807, 2.05) is 18.2 Å². The van der Waals surface area contributed by atoms with Gasteiger partial charge in [0.15, 0.2) is 0 Å². The van der Waals surface area contributed by atoms with Gasteiger partial charge in [-0.1, -0.05) is 12.2 Å². The van der Waals surface area contributed by atoms with Gasteiger partial charge in [-0.05, 0) is 60.8 Å². The largest absolute Gasteiger partial charge is 0.573 e. The zero-order valence-corrected chi connectivity index (χ0v) is 17.1. The number of ether oxygens (including phenoxy) is 2. The van der Waals surface area contributed by atoms with Crippen molar-refractivity contribution in [1.29, 1.82) is 0 Å². The molecule has 2 unspecified atom stereocenters. The van der Waals surface area contributed by atoms with E-state index in [0.717, 1.165) is 30.9 Å². The fourth-order valence-corrected chi connectivity index (χ4v) is 3.97. The Morgan fingerprint density at radius 2 is 1.97 bits per heavy atom. The Morgan fingerprint density at radius 3 is 2.63 bits per heavy atom. The molecule has 1 saturated heterocycles. The standard InChI is InChI=1S/C22H21F3N2O2S/c1-14-12-27(9-8-26-14)17-4-7-20-19(11-17)16(13-30)10-21(28-20)15-2-5-18(6-3-15)29-22(23,24)25/h2-7,10-11,13-14,16,26H,8-9,12H2,1H3. The highest BCUT2D eigenvalue weighted by Crippen LogP contribution is 2.39. The number of nitrogens with one attached hydrogen (secondary N) is 1. The van der Waals surface area contributed by atoms with Crippen LogP contribution in [0.25, 0.3) is 5.76 Å². The van der Waals surface area contributed by atoms with Gasteiger partial charge in [0.05, 0.1) is 0 Å². The third-order valence-electron chi connectivity index (χ3n) is 5.16. The van der Waals surface area contributed by atoms with Gasteiger partial charge in [-0.15, -0.1) is 13.2 Å². The average Bonchev–Trinajstić information content (AvgIpc) is 2.72. The summed E-state index contributed by atoms with van der Waals surface area (Å²) >= 11 is 5.26. The number of piperazine rings is 1. The fraction of sp³-hybridized carbons (Fsp3) is 0.318. The van der Waals surface area contributed by atoms with Crippen molar-refractivity contribution in [3.63, 3.8) is 0 Å². The first-order valence-electron chi connectivity index (χ1n) is 9.66. The summed E-state index contributed by atoms with van der Waals surface area (Å²) in [5.74, 6) is 0.839. The molecule has 0 aromatic heterocycles. The second kappa shape index (κ2) is 8.28. The van der Waals surface area contributed by atoms with Gasteiger partial charge in [0.1, 0.15) is 17.3 Å². The molecule has 0 saturated carbocycles. The summed E-state index contributed by atoms with van der Waals surface area (Å²) in [5.41, 5.74) is 2.75. The van der Waals surface area contributed by atoms with Crippen LogP contribution in [0.1, 0.15) is 24.0 Å². The van der Waals surface area contributed by atoms with Crippen LogP contribution in [0, 0.1) is 0 Å². The highest BCUT2D eigenvalue weighted by molar-refractivity contribution is 7.79. The molecular weight excluding hydrogens is 413 g/mol. The third kappa shape index (κ3) is 4.60. The van der Waals surface area contributed by atoms with Crippen LogP contribution in [-0.2, 0) is 0 Å². The molecule has 4 rings (SSSR count). The molecule has 30 heavy (non-hydrogen) atoms. The van der Waals surface area contributed by atoms with Crippen LogP contribution in [0.2, 0.25) is 0 Å². The Kier molecular flexibility index (Phi) is 5.71. The number of rotatable bonds is 4. The highest BCUT2D eigenvalue weighted by Gasteiger charge is 2.31. The number of fused-ring (bicyclic) bond motifs is 1. The molecule has 0 radical (unpaired) electrons. The Balaban J connectivity index is 1.57. The summed E-state index contributed by atoms with van der Waals surface area (Å²) in [6, 6.07) is 12.1. The summed E-state index contributed by atoms with van der Waals surface area (Å²) in [7, 11) is 0. The minimum atomic E-state index is -4.72. The Bertz CT molecular complexity index is 960. The lowest BCUT2D eigenvalue weighted by Crippen LogP contribution is -2.49. The van der Waals surface area contributed by atoms with Crippen LogP contribution in [0.15, 0.2) is 48.5 Å². The predicted molar refractivity (Wildman–Crippen MR) is 114 cm³/mol. The number of allylic oxidation sites excluding steroid dienone is 1. The van der Waals surface area contributed by atoms with E-state index in [4.69, 9.17) is 17.0 Å². The summed E-state index contributed by atoms with van der Waals surface area (Å²) in [6.45, 7) is 4.95. The smallest absolute Gasteiger partial charge is 0.457 e. The molecule has 2 atom stereocenters. The molecule has 0 aliphatic carbocycles. The van der Waals surface area contributed by atoms with Gasteiger partial charge >= 0.3 is 6.36 Å². The predicted octanol–water partition coefficient (Wildman–Crippen LogP) is 4.90. The van der Waals surface area contributed by atoms with E-state index in [1.54, 1.807) is 5.37 Å². The minimum Gasteiger partial charge on any atom is -0.457 e. The number of hydrogen-bond acceptors (Lipinski definition) is 5. The molecule has 0 spiro atoms. The zero-order chi connectivity index (χ0) is 21.3. The van der Waals surface area contributed by atoms with Gasteiger partial charge in [0, 0.05) is 48.4 Å². The number of alkyl halides is 3. The number of hydrogen-bond donors (Lipinski definition) is 1. The Labute approximate surface area is 178 Å². The van der Waals surface area contributed by atoms with Crippen molar-refractivity contribution in [2.75, 3.05) is 24.5 Å². The second-order valence-corrected chi connectivity index (χ2v) is 7.66. The molecule has 1 fully saturated rings. The van der Waals surface area contributed by atoms with Crippen LogP contribution in [0.5, 0.6) is 11.5 Å². The van der Waals surface area contributed by atoms with E-state index in [9.17, 15) is 13.2 Å². The molecule has 2 aliphatic rings. The van der Waals surface area contributed by atoms with E-state index < -0.39 is 6.36 Å². The first-order chi connectivity index (χ1) is 14.3. The lowest BCUT2D eigenvalue weighted by Gasteiger charge is -2.34. The lowest BCUT2D eigenvalue weighted by molar-refractivity contribution is -0.274. The Morgan fingerprint density at radius 1 is 1.20 bits per heavy atom. The number of halogens is 3. The van der Waals surface area contributed by atoms with E-state index in [2.05, 4.69) is 27.9 Å². The molecule has 0 amide bonds. The number of anilines is 1. The van der Waals surface area contributed by atoms with Crippen molar-refractivity contribution >= 4 is 29.0 Å². The molecule has 0 bridgehead atoms. The van der Waals surface area contributed by atoms with Gasteiger partial charge in [-0.2, -0.15) is 0 Å². The normalized spacial score (nSPS) is 21.3. The van der Waals surface area contributed by atoms with E-state index in [1.165, 1.54) is 24.3 Å². The molecular formula is C22H21F3N2O2S. The third-order valence-corrected chi connectivity index (χ3v) is 5.45. The highest BCUT2D eigenvalue weighted by atomic mass is 32.1. The molecule has 8 heteroatoms. The molecule has 2 heterocycles. The number of nitrogens with zero attached hydrogens (tertiary/aromatic N) is 1. The van der Waals surface area contributed by atoms with Crippen molar-refractivity contribution in [2.24, 2.45) is 0 Å². The summed E-state index contributed by atoms with van der Waals surface area (Å²) < 4.78 is 47.1. The van der Waals surface area contributed by atoms with E-state index >= 15 is 0 Å². The van der Waals surface area contributed by atoms with Crippen LogP contribution >= 0.6 is 12.2 Å². The van der Waals surface area contributed by atoms with Gasteiger partial charge in [0.25, 0.3) is 0 Å². The summed E-state index contributed by atoms with van der Waals surface area (Å²) in [5, 5.41) is 5.11. The van der Waals surface area contributed by atoms with Crippen molar-refractivity contribution in [1.82, 2.24) is 5.32 Å².